The summed E-state index contributed by atoms with van der Waals surface area (Å²) in [6.45, 7) is 0. The monoisotopic (exact) mass is 356 g/mol. The summed E-state index contributed by atoms with van der Waals surface area (Å²) < 4.78 is 0. The van der Waals surface area contributed by atoms with Crippen LogP contribution in [0.15, 0.2) is 19.8 Å². The molecule has 0 saturated heterocycles. The Labute approximate surface area is 130 Å². The molecule has 1 aliphatic rings. The molecule has 1 aliphatic heterocycles. The first-order valence-electron chi connectivity index (χ1n) is 4.37. The standard InChI is InChI=1S/C8Cl4N4S2/c9-1-2(10)4(12)6-5(3(1)11)17-7-8(18-6)14-16-15-13-7. The topological polar surface area (TPSA) is 51.6 Å². The van der Waals surface area contributed by atoms with E-state index >= 15 is 0 Å². The van der Waals surface area contributed by atoms with Crippen molar-refractivity contribution >= 4 is 69.9 Å². The lowest BCUT2D eigenvalue weighted by Crippen LogP contribution is -2.01. The van der Waals surface area contributed by atoms with E-state index < -0.39 is 0 Å². The summed E-state index contributed by atoms with van der Waals surface area (Å²) in [5.74, 6) is 0. The fourth-order valence-corrected chi connectivity index (χ4v) is 4.68. The molecule has 1 aromatic heterocycles. The van der Waals surface area contributed by atoms with Gasteiger partial charge in [0.05, 0.1) is 20.1 Å². The second kappa shape index (κ2) is 4.85. The predicted molar refractivity (Wildman–Crippen MR) is 72.3 cm³/mol. The van der Waals surface area contributed by atoms with Gasteiger partial charge >= 0.3 is 0 Å². The molecule has 92 valence electrons. The van der Waals surface area contributed by atoms with Gasteiger partial charge in [-0.25, -0.2) is 0 Å². The average Bonchev–Trinajstić information content (AvgIpc) is 2.41. The van der Waals surface area contributed by atoms with Crippen molar-refractivity contribution in [3.05, 3.63) is 20.1 Å². The van der Waals surface area contributed by atoms with Crippen LogP contribution in [-0.4, -0.2) is 20.6 Å². The summed E-state index contributed by atoms with van der Waals surface area (Å²) in [7, 11) is 0. The minimum absolute atomic E-state index is 0.230. The Balaban J connectivity index is 2.25. The maximum Gasteiger partial charge on any atom is 0.160 e. The highest BCUT2D eigenvalue weighted by molar-refractivity contribution is 8.05. The molecule has 0 saturated carbocycles. The molecule has 0 fully saturated rings. The molecule has 0 amide bonds. The molecular weight excluding hydrogens is 358 g/mol. The van der Waals surface area contributed by atoms with Crippen LogP contribution in [0.25, 0.3) is 0 Å². The number of fused-ring (bicyclic) bond motifs is 2. The van der Waals surface area contributed by atoms with E-state index in [0.717, 1.165) is 0 Å². The van der Waals surface area contributed by atoms with Crippen LogP contribution in [0, 0.1) is 0 Å². The minimum Gasteiger partial charge on any atom is -0.119 e. The molecule has 4 nitrogen and oxygen atoms in total. The summed E-state index contributed by atoms with van der Waals surface area (Å²) in [6.07, 6.45) is 0. The molecule has 2 aromatic rings. The van der Waals surface area contributed by atoms with Crippen LogP contribution in [0.3, 0.4) is 0 Å². The van der Waals surface area contributed by atoms with Crippen LogP contribution in [0.5, 0.6) is 0 Å². The van der Waals surface area contributed by atoms with Crippen molar-refractivity contribution in [2.24, 2.45) is 0 Å². The van der Waals surface area contributed by atoms with Gasteiger partial charge in [-0.15, -0.1) is 10.2 Å². The highest BCUT2D eigenvalue weighted by Crippen LogP contribution is 2.55. The zero-order valence-electron chi connectivity index (χ0n) is 8.12. The van der Waals surface area contributed by atoms with E-state index in [1.165, 1.54) is 23.5 Å². The maximum atomic E-state index is 6.16. The Morgan fingerprint density at radius 1 is 0.611 bits per heavy atom. The summed E-state index contributed by atoms with van der Waals surface area (Å²) in [4.78, 5) is 1.41. The van der Waals surface area contributed by atoms with Crippen molar-refractivity contribution < 1.29 is 0 Å². The molecular formula is C8Cl4N4S2. The molecule has 0 spiro atoms. The molecule has 0 radical (unpaired) electrons. The minimum atomic E-state index is 0.230. The van der Waals surface area contributed by atoms with Crippen molar-refractivity contribution in [1.29, 1.82) is 0 Å². The smallest absolute Gasteiger partial charge is 0.119 e. The lowest BCUT2D eigenvalue weighted by molar-refractivity contribution is 0.652. The first-order valence-corrected chi connectivity index (χ1v) is 7.51. The first kappa shape index (κ1) is 13.0. The first-order chi connectivity index (χ1) is 8.59. The van der Waals surface area contributed by atoms with Crippen molar-refractivity contribution in [2.75, 3.05) is 0 Å². The zero-order valence-corrected chi connectivity index (χ0v) is 12.8. The van der Waals surface area contributed by atoms with Gasteiger partial charge in [-0.05, 0) is 10.4 Å². The average molecular weight is 358 g/mol. The van der Waals surface area contributed by atoms with Crippen LogP contribution in [0.4, 0.5) is 0 Å². The molecule has 3 rings (SSSR count). The molecule has 0 unspecified atom stereocenters. The van der Waals surface area contributed by atoms with Gasteiger partial charge in [0.1, 0.15) is 0 Å². The van der Waals surface area contributed by atoms with Crippen LogP contribution in [-0.2, 0) is 0 Å². The van der Waals surface area contributed by atoms with Gasteiger partial charge in [0, 0.05) is 9.79 Å². The van der Waals surface area contributed by atoms with E-state index in [1.54, 1.807) is 0 Å². The van der Waals surface area contributed by atoms with Gasteiger partial charge in [-0.2, -0.15) is 0 Å². The van der Waals surface area contributed by atoms with Gasteiger partial charge in [-0.3, -0.25) is 0 Å². The third kappa shape index (κ3) is 1.95. The van der Waals surface area contributed by atoms with Crippen LogP contribution >= 0.6 is 69.9 Å². The van der Waals surface area contributed by atoms with E-state index in [-0.39, 0.29) is 10.0 Å². The van der Waals surface area contributed by atoms with Gasteiger partial charge in [0.25, 0.3) is 0 Å². The van der Waals surface area contributed by atoms with Gasteiger partial charge in [0.15, 0.2) is 10.1 Å². The number of rotatable bonds is 0. The number of nitrogens with zero attached hydrogens (tertiary/aromatic N) is 4. The third-order valence-corrected chi connectivity index (χ3v) is 6.52. The largest absolute Gasteiger partial charge is 0.160 e. The van der Waals surface area contributed by atoms with E-state index in [2.05, 4.69) is 20.6 Å². The van der Waals surface area contributed by atoms with Gasteiger partial charge in [0.2, 0.25) is 0 Å². The molecule has 0 aliphatic carbocycles. The lowest BCUT2D eigenvalue weighted by atomic mass is 10.3. The Kier molecular flexibility index (Phi) is 3.51. The highest BCUT2D eigenvalue weighted by Gasteiger charge is 2.28. The highest BCUT2D eigenvalue weighted by atomic mass is 35.5. The van der Waals surface area contributed by atoms with Crippen LogP contribution in [0.2, 0.25) is 20.1 Å². The quantitative estimate of drug-likeness (QED) is 0.436. The third-order valence-electron chi connectivity index (χ3n) is 2.07. The normalized spacial score (nSPS) is 13.1. The van der Waals surface area contributed by atoms with Crippen LogP contribution in [0.1, 0.15) is 0 Å². The van der Waals surface area contributed by atoms with E-state index in [1.807, 2.05) is 0 Å². The molecule has 0 N–H and O–H groups in total. The number of hydrogen-bond donors (Lipinski definition) is 0. The summed E-state index contributed by atoms with van der Waals surface area (Å²) in [5, 5.41) is 17.1. The fraction of sp³-hybridized carbons (Fsp3) is 0. The molecule has 1 aromatic carbocycles. The Morgan fingerprint density at radius 2 is 1.00 bits per heavy atom. The maximum absolute atomic E-state index is 6.16. The molecule has 18 heavy (non-hydrogen) atoms. The SMILES string of the molecule is Clc1c(Cl)c(Cl)c2c(c1Cl)Sc1nnnnc1S2. The van der Waals surface area contributed by atoms with Crippen molar-refractivity contribution in [1.82, 2.24) is 20.6 Å². The second-order valence-corrected chi connectivity index (χ2v) is 6.62. The van der Waals surface area contributed by atoms with Gasteiger partial charge in [-0.1, -0.05) is 69.9 Å². The van der Waals surface area contributed by atoms with Gasteiger partial charge < -0.3 is 0 Å². The zero-order chi connectivity index (χ0) is 12.9. The number of hydrogen-bond acceptors (Lipinski definition) is 6. The second-order valence-electron chi connectivity index (χ2n) is 3.11. The number of benzene rings is 1. The summed E-state index contributed by atoms with van der Waals surface area (Å²) in [5.41, 5.74) is 0. The van der Waals surface area contributed by atoms with Crippen molar-refractivity contribution in [3.8, 4) is 0 Å². The fourth-order valence-electron chi connectivity index (χ4n) is 1.30. The van der Waals surface area contributed by atoms with Crippen molar-refractivity contribution in [2.45, 2.75) is 19.8 Å². The molecule has 0 bridgehead atoms. The molecule has 0 atom stereocenters. The van der Waals surface area contributed by atoms with E-state index in [4.69, 9.17) is 46.4 Å². The Bertz CT molecular complexity index is 610. The number of aromatic nitrogens is 4. The molecule has 2 heterocycles. The Morgan fingerprint density at radius 3 is 1.39 bits per heavy atom. The molecule has 10 heteroatoms. The Hall–Kier alpha value is 0.0200. The van der Waals surface area contributed by atoms with E-state index in [0.29, 0.717) is 29.9 Å². The summed E-state index contributed by atoms with van der Waals surface area (Å²) in [6, 6.07) is 0. The van der Waals surface area contributed by atoms with Crippen molar-refractivity contribution in [3.63, 3.8) is 0 Å². The number of halogens is 4. The predicted octanol–water partition coefficient (Wildman–Crippen LogP) is 4.50. The van der Waals surface area contributed by atoms with E-state index in [9.17, 15) is 0 Å². The summed E-state index contributed by atoms with van der Waals surface area (Å²) >= 11 is 26.9. The van der Waals surface area contributed by atoms with Crippen LogP contribution < -0.4 is 0 Å². The lowest BCUT2D eigenvalue weighted by Gasteiger charge is -2.19.